The average molecular weight is 351 g/mol. The number of alkyl halides is 2. The SMILES string of the molecule is O=S(=O)(OCC(F)(F)S(=O)(=O)[O-])c1cccc2ccccc12. The molecule has 0 aromatic heterocycles. The Hall–Kier alpha value is -1.62. The molecule has 0 N–H and O–H groups in total. The summed E-state index contributed by atoms with van der Waals surface area (Å²) < 4.78 is 85.0. The lowest BCUT2D eigenvalue weighted by atomic mass is 10.1. The van der Waals surface area contributed by atoms with Crippen molar-refractivity contribution in [2.75, 3.05) is 6.61 Å². The summed E-state index contributed by atoms with van der Waals surface area (Å²) >= 11 is 0. The lowest BCUT2D eigenvalue weighted by Crippen LogP contribution is -2.34. The normalized spacial score (nSPS) is 13.4. The molecule has 10 heteroatoms. The highest BCUT2D eigenvalue weighted by Crippen LogP contribution is 2.27. The van der Waals surface area contributed by atoms with Crippen LogP contribution in [0.2, 0.25) is 0 Å². The van der Waals surface area contributed by atoms with Crippen molar-refractivity contribution in [2.24, 2.45) is 0 Å². The molecule has 120 valence electrons. The highest BCUT2D eigenvalue weighted by Gasteiger charge is 2.40. The van der Waals surface area contributed by atoms with E-state index in [1.54, 1.807) is 18.2 Å². The van der Waals surface area contributed by atoms with Gasteiger partial charge in [0.2, 0.25) is 0 Å². The zero-order chi connectivity index (χ0) is 16.6. The number of halogens is 2. The lowest BCUT2D eigenvalue weighted by Gasteiger charge is -2.19. The van der Waals surface area contributed by atoms with Crippen LogP contribution < -0.4 is 0 Å². The van der Waals surface area contributed by atoms with Crippen LogP contribution in [0.1, 0.15) is 0 Å². The van der Waals surface area contributed by atoms with E-state index >= 15 is 0 Å². The fourth-order valence-corrected chi connectivity index (χ4v) is 3.10. The molecule has 0 aliphatic rings. The first kappa shape index (κ1) is 16.7. The quantitative estimate of drug-likeness (QED) is 0.600. The number of rotatable bonds is 5. The van der Waals surface area contributed by atoms with Crippen molar-refractivity contribution in [3.05, 3.63) is 42.5 Å². The summed E-state index contributed by atoms with van der Waals surface area (Å²) in [5, 5.41) is -4.10. The molecule has 0 aliphatic carbocycles. The Kier molecular flexibility index (Phi) is 4.22. The van der Waals surface area contributed by atoms with Crippen LogP contribution in [-0.2, 0) is 24.4 Å². The fraction of sp³-hybridized carbons (Fsp3) is 0.167. The summed E-state index contributed by atoms with van der Waals surface area (Å²) in [5.74, 6) is 0. The molecule has 2 rings (SSSR count). The molecule has 0 heterocycles. The maximum atomic E-state index is 13.0. The average Bonchev–Trinajstić information content (AvgIpc) is 2.43. The molecule has 0 radical (unpaired) electrons. The maximum Gasteiger partial charge on any atom is 0.358 e. The van der Waals surface area contributed by atoms with Crippen LogP contribution in [-0.4, -0.2) is 33.2 Å². The van der Waals surface area contributed by atoms with Gasteiger partial charge in [-0.05, 0) is 11.5 Å². The first-order chi connectivity index (χ1) is 10.0. The second-order valence-corrected chi connectivity index (χ2v) is 7.37. The van der Waals surface area contributed by atoms with Crippen molar-refractivity contribution >= 4 is 31.0 Å². The van der Waals surface area contributed by atoms with Gasteiger partial charge in [0.25, 0.3) is 10.1 Å². The molecule has 0 aliphatic heterocycles. The Morgan fingerprint density at radius 1 is 1.00 bits per heavy atom. The van der Waals surface area contributed by atoms with E-state index in [0.29, 0.717) is 5.39 Å². The zero-order valence-electron chi connectivity index (χ0n) is 10.8. The molecule has 2 aromatic carbocycles. The molecule has 22 heavy (non-hydrogen) atoms. The molecule has 0 saturated heterocycles. The Morgan fingerprint density at radius 3 is 2.23 bits per heavy atom. The molecule has 0 unspecified atom stereocenters. The number of hydrogen-bond donors (Lipinski definition) is 0. The fourth-order valence-electron chi connectivity index (χ4n) is 1.70. The maximum absolute atomic E-state index is 13.0. The van der Waals surface area contributed by atoms with Crippen LogP contribution in [0.15, 0.2) is 47.4 Å². The van der Waals surface area contributed by atoms with Gasteiger partial charge >= 0.3 is 5.25 Å². The Morgan fingerprint density at radius 2 is 1.59 bits per heavy atom. The third-order valence-electron chi connectivity index (χ3n) is 2.77. The second-order valence-electron chi connectivity index (χ2n) is 4.29. The first-order valence-electron chi connectivity index (χ1n) is 5.75. The molecule has 0 bridgehead atoms. The van der Waals surface area contributed by atoms with Gasteiger partial charge in [-0.1, -0.05) is 36.4 Å². The summed E-state index contributed by atoms with van der Waals surface area (Å²) in [6.45, 7) is -2.08. The lowest BCUT2D eigenvalue weighted by molar-refractivity contribution is 0.0303. The molecule has 0 fully saturated rings. The highest BCUT2D eigenvalue weighted by molar-refractivity contribution is 7.87. The number of benzene rings is 2. The van der Waals surface area contributed by atoms with Crippen molar-refractivity contribution in [2.45, 2.75) is 10.2 Å². The van der Waals surface area contributed by atoms with Crippen molar-refractivity contribution in [3.63, 3.8) is 0 Å². The van der Waals surface area contributed by atoms with E-state index in [4.69, 9.17) is 0 Å². The largest absolute Gasteiger partial charge is 0.743 e. The summed E-state index contributed by atoms with van der Waals surface area (Å²) in [5.41, 5.74) is 0. The molecule has 0 atom stereocenters. The van der Waals surface area contributed by atoms with Crippen LogP contribution in [0.4, 0.5) is 8.78 Å². The van der Waals surface area contributed by atoms with Crippen LogP contribution in [0.25, 0.3) is 10.8 Å². The topological polar surface area (TPSA) is 101 Å². The van der Waals surface area contributed by atoms with Crippen LogP contribution >= 0.6 is 0 Å². The van der Waals surface area contributed by atoms with Gasteiger partial charge in [-0.25, -0.2) is 8.42 Å². The summed E-state index contributed by atoms with van der Waals surface area (Å²) in [6, 6.07) is 10.3. The van der Waals surface area contributed by atoms with Gasteiger partial charge < -0.3 is 4.55 Å². The Bertz CT molecular complexity index is 901. The number of hydrogen-bond acceptors (Lipinski definition) is 6. The molecule has 2 aromatic rings. The third-order valence-corrected chi connectivity index (χ3v) is 4.94. The Labute approximate surface area is 125 Å². The summed E-state index contributed by atoms with van der Waals surface area (Å²) in [7, 11) is -10.7. The molecular weight excluding hydrogens is 342 g/mol. The first-order valence-corrected chi connectivity index (χ1v) is 8.57. The second kappa shape index (κ2) is 5.54. The molecular formula is C12H9F2O6S2-. The summed E-state index contributed by atoms with van der Waals surface area (Å²) in [6.07, 6.45) is 0. The molecule has 0 amide bonds. The third kappa shape index (κ3) is 3.24. The van der Waals surface area contributed by atoms with E-state index in [1.807, 2.05) is 0 Å². The Balaban J connectivity index is 2.39. The van der Waals surface area contributed by atoms with E-state index in [2.05, 4.69) is 4.18 Å². The van der Waals surface area contributed by atoms with Crippen molar-refractivity contribution in [3.8, 4) is 0 Å². The predicted molar refractivity (Wildman–Crippen MR) is 71.7 cm³/mol. The summed E-state index contributed by atoms with van der Waals surface area (Å²) in [4.78, 5) is -0.398. The minimum absolute atomic E-state index is 0.221. The standard InChI is InChI=1S/C12H10F2O6S2/c13-12(14,22(17,18)19)8-20-21(15,16)11-7-3-5-9-4-1-2-6-10(9)11/h1-7H,8H2,(H,17,18,19)/p-1. The van der Waals surface area contributed by atoms with Crippen molar-refractivity contribution < 1.29 is 34.4 Å². The molecule has 0 spiro atoms. The minimum atomic E-state index is -6.02. The van der Waals surface area contributed by atoms with Gasteiger partial charge in [0.1, 0.15) is 11.5 Å². The monoisotopic (exact) mass is 351 g/mol. The van der Waals surface area contributed by atoms with Crippen molar-refractivity contribution in [1.29, 1.82) is 0 Å². The van der Waals surface area contributed by atoms with E-state index in [9.17, 15) is 30.2 Å². The van der Waals surface area contributed by atoms with Crippen LogP contribution in [0.3, 0.4) is 0 Å². The molecule has 6 nitrogen and oxygen atoms in total. The van der Waals surface area contributed by atoms with Gasteiger partial charge in [-0.3, -0.25) is 4.18 Å². The van der Waals surface area contributed by atoms with E-state index in [-0.39, 0.29) is 5.39 Å². The van der Waals surface area contributed by atoms with Gasteiger partial charge in [0.15, 0.2) is 10.1 Å². The molecule has 0 saturated carbocycles. The van der Waals surface area contributed by atoms with Crippen LogP contribution in [0, 0.1) is 0 Å². The van der Waals surface area contributed by atoms with Crippen LogP contribution in [0.5, 0.6) is 0 Å². The van der Waals surface area contributed by atoms with Gasteiger partial charge in [0.05, 0.1) is 0 Å². The number of fused-ring (bicyclic) bond motifs is 1. The van der Waals surface area contributed by atoms with E-state index < -0.39 is 37.0 Å². The van der Waals surface area contributed by atoms with Gasteiger partial charge in [-0.2, -0.15) is 17.2 Å². The smallest absolute Gasteiger partial charge is 0.358 e. The zero-order valence-corrected chi connectivity index (χ0v) is 12.4. The van der Waals surface area contributed by atoms with E-state index in [0.717, 1.165) is 6.07 Å². The van der Waals surface area contributed by atoms with Gasteiger partial charge in [-0.15, -0.1) is 0 Å². The van der Waals surface area contributed by atoms with E-state index in [1.165, 1.54) is 18.2 Å². The van der Waals surface area contributed by atoms with Crippen molar-refractivity contribution in [1.82, 2.24) is 0 Å². The highest BCUT2D eigenvalue weighted by atomic mass is 32.2. The van der Waals surface area contributed by atoms with Gasteiger partial charge in [0, 0.05) is 5.39 Å². The minimum Gasteiger partial charge on any atom is -0.743 e. The predicted octanol–water partition coefficient (Wildman–Crippen LogP) is 1.68.